The molecule has 8 unspecified atom stereocenters. The second kappa shape index (κ2) is 48.7. The lowest BCUT2D eigenvalue weighted by molar-refractivity contribution is -0.141. The normalized spacial score (nSPS) is 15.3. The summed E-state index contributed by atoms with van der Waals surface area (Å²) in [5.41, 5.74) is 17.4. The molecule has 1 fully saturated rings. The minimum atomic E-state index is -1.47. The smallest absolute Gasteiger partial charge is 0.313 e. The summed E-state index contributed by atoms with van der Waals surface area (Å²) in [7, 11) is 1.33. The number of thioether (sulfide) groups is 1. The van der Waals surface area contributed by atoms with E-state index in [9.17, 15) is 81.8 Å². The van der Waals surface area contributed by atoms with E-state index in [4.69, 9.17) is 36.1 Å². The molecule has 2 heterocycles. The standard InChI is InChI=1S/C66H103N15O21S/c1-6-42(60(68)92)77-64(96)45(17-11-14-27-71-55(87)36-41-18-19-48(49(35-41)99-5)102-59(91)23-30-80-56(88)20-21-57(80)89)78-65(97)46(74-40(4)82)38-73-53(85)22-29-81-58(90)37-50(66(81)98)103-39-47(61(69)93)79-63(95)44(16-10-13-26-70-51(83)7-2)76-54(86)24-31-100-33-34-101-32-28-72-62(94)43(15-9-12-25-67)75-52(84)8-3/h18-21,35,42-47,50,60,92H,6-17,22-34,36-39,67-68H2,1-5H3,(H2,69,93)(H,70,83)(H,71,87)(H,72,94)(H,73,85)(H,74,82)(H,75,84)(H,76,86)(H,77,96)(H,78,97)(H,79,95). The number of hydrogen-bond acceptors (Lipinski definition) is 24. The van der Waals surface area contributed by atoms with Crippen molar-refractivity contribution in [1.29, 1.82) is 0 Å². The first-order chi connectivity index (χ1) is 49.1. The fraction of sp³-hybridized carbons (Fsp3) is 0.636. The molecule has 574 valence electrons. The number of nitrogens with zero attached hydrogens (tertiary/aromatic N) is 2. The molecule has 0 radical (unpaired) electrons. The summed E-state index contributed by atoms with van der Waals surface area (Å²) in [4.78, 5) is 207. The lowest BCUT2D eigenvalue weighted by Crippen LogP contribution is -2.58. The van der Waals surface area contributed by atoms with Gasteiger partial charge in [-0.05, 0) is 88.4 Å². The highest BCUT2D eigenvalue weighted by atomic mass is 32.2. The Morgan fingerprint density at radius 1 is 0.592 bits per heavy atom. The van der Waals surface area contributed by atoms with Crippen LogP contribution >= 0.6 is 11.8 Å². The maximum Gasteiger partial charge on any atom is 0.313 e. The molecule has 1 aromatic carbocycles. The van der Waals surface area contributed by atoms with Crippen molar-refractivity contribution in [2.75, 3.05) is 85.1 Å². The zero-order chi connectivity index (χ0) is 76.4. The van der Waals surface area contributed by atoms with Gasteiger partial charge >= 0.3 is 5.97 Å². The number of esters is 1. The lowest BCUT2D eigenvalue weighted by atomic mass is 10.1. The van der Waals surface area contributed by atoms with Crippen LogP contribution in [0.1, 0.15) is 136 Å². The monoisotopic (exact) mass is 1470 g/mol. The number of primary amides is 1. The third-order valence-electron chi connectivity index (χ3n) is 15.9. The Morgan fingerprint density at radius 3 is 1.77 bits per heavy atom. The van der Waals surface area contributed by atoms with Gasteiger partial charge in [0.2, 0.25) is 76.8 Å². The van der Waals surface area contributed by atoms with Gasteiger partial charge in [0.1, 0.15) is 36.4 Å². The highest BCUT2D eigenvalue weighted by Gasteiger charge is 2.40. The van der Waals surface area contributed by atoms with Crippen LogP contribution in [0, 0.1) is 0 Å². The molecule has 3 rings (SSSR count). The summed E-state index contributed by atoms with van der Waals surface area (Å²) in [6.07, 6.45) is 3.25. The van der Waals surface area contributed by atoms with E-state index in [1.807, 2.05) is 0 Å². The number of amides is 15. The molecule has 0 saturated carbocycles. The van der Waals surface area contributed by atoms with Gasteiger partial charge in [-0.3, -0.25) is 86.5 Å². The van der Waals surface area contributed by atoms with Crippen LogP contribution in [0.5, 0.6) is 11.5 Å². The molecular formula is C66H103N15O21S. The van der Waals surface area contributed by atoms with Gasteiger partial charge in [-0.1, -0.05) is 26.8 Å². The van der Waals surface area contributed by atoms with E-state index in [-0.39, 0.29) is 145 Å². The zero-order valence-corrected chi connectivity index (χ0v) is 60.0. The number of carbonyl (C=O) groups is 16. The first-order valence-corrected chi connectivity index (χ1v) is 35.5. The van der Waals surface area contributed by atoms with Crippen molar-refractivity contribution in [2.45, 2.75) is 185 Å². The third kappa shape index (κ3) is 34.1. The number of hydrogen-bond donors (Lipinski definition) is 14. The quantitative estimate of drug-likeness (QED) is 0.00971. The van der Waals surface area contributed by atoms with Crippen LogP contribution < -0.4 is 79.8 Å². The molecule has 17 N–H and O–H groups in total. The van der Waals surface area contributed by atoms with Crippen LogP contribution in [0.2, 0.25) is 0 Å². The third-order valence-corrected chi connectivity index (χ3v) is 17.2. The van der Waals surface area contributed by atoms with E-state index < -0.39 is 144 Å². The molecule has 0 aromatic heterocycles. The second-order valence-electron chi connectivity index (χ2n) is 24.0. The van der Waals surface area contributed by atoms with Crippen LogP contribution in [-0.2, 0) is 92.6 Å². The van der Waals surface area contributed by atoms with Crippen LogP contribution in [0.15, 0.2) is 30.4 Å². The number of imide groups is 2. The Hall–Kier alpha value is -9.17. The Morgan fingerprint density at radius 2 is 1.17 bits per heavy atom. The van der Waals surface area contributed by atoms with Crippen molar-refractivity contribution in [3.63, 3.8) is 0 Å². The number of rotatable bonds is 53. The van der Waals surface area contributed by atoms with E-state index in [0.717, 1.165) is 40.6 Å². The number of aliphatic hydroxyl groups excluding tert-OH is 1. The molecule has 1 aromatic rings. The number of benzene rings is 1. The average Bonchev–Trinajstić information content (AvgIpc) is 1.81. The van der Waals surface area contributed by atoms with Crippen molar-refractivity contribution >= 4 is 106 Å². The van der Waals surface area contributed by atoms with Crippen LogP contribution in [-0.4, -0.2) is 242 Å². The van der Waals surface area contributed by atoms with Crippen LogP contribution in [0.3, 0.4) is 0 Å². The van der Waals surface area contributed by atoms with Gasteiger partial charge < -0.3 is 94.4 Å². The summed E-state index contributed by atoms with van der Waals surface area (Å²) in [5.74, 6) is -9.89. The van der Waals surface area contributed by atoms with Crippen LogP contribution in [0.4, 0.5) is 0 Å². The molecule has 37 heteroatoms. The van der Waals surface area contributed by atoms with Gasteiger partial charge in [-0.25, -0.2) is 0 Å². The highest BCUT2D eigenvalue weighted by molar-refractivity contribution is 8.00. The lowest BCUT2D eigenvalue weighted by Gasteiger charge is -2.26. The zero-order valence-electron chi connectivity index (χ0n) is 59.2. The molecule has 1 saturated heterocycles. The Balaban J connectivity index is 1.52. The van der Waals surface area contributed by atoms with Crippen molar-refractivity contribution in [3.8, 4) is 11.5 Å². The summed E-state index contributed by atoms with van der Waals surface area (Å²) in [6, 6.07) is -2.49. The van der Waals surface area contributed by atoms with E-state index in [0.29, 0.717) is 57.2 Å². The summed E-state index contributed by atoms with van der Waals surface area (Å²) >= 11 is 0.852. The maximum atomic E-state index is 13.8. The van der Waals surface area contributed by atoms with Gasteiger partial charge in [0.15, 0.2) is 11.5 Å². The molecule has 0 aliphatic carbocycles. The number of nitrogens with two attached hydrogens (primary N) is 3. The van der Waals surface area contributed by atoms with Crippen molar-refractivity contribution in [3.05, 3.63) is 35.9 Å². The van der Waals surface area contributed by atoms with Crippen LogP contribution in [0.25, 0.3) is 0 Å². The largest absolute Gasteiger partial charge is 0.493 e. The Kier molecular flexibility index (Phi) is 41.6. The number of likely N-dealkylation sites (tertiary alicyclic amines) is 1. The molecule has 0 bridgehead atoms. The average molecular weight is 1470 g/mol. The maximum absolute atomic E-state index is 13.8. The number of carbonyl (C=O) groups excluding carboxylic acids is 16. The van der Waals surface area contributed by atoms with E-state index >= 15 is 0 Å². The van der Waals surface area contributed by atoms with E-state index in [2.05, 4.69) is 53.2 Å². The second-order valence-corrected chi connectivity index (χ2v) is 25.2. The molecule has 2 aliphatic rings. The number of nitrogens with one attached hydrogen (secondary N) is 10. The van der Waals surface area contributed by atoms with Gasteiger partial charge in [0.05, 0.1) is 57.7 Å². The predicted octanol–water partition coefficient (Wildman–Crippen LogP) is -4.01. The van der Waals surface area contributed by atoms with Gasteiger partial charge in [-0.2, -0.15) is 0 Å². The Labute approximate surface area is 602 Å². The van der Waals surface area contributed by atoms with Crippen molar-refractivity contribution < 1.29 is 101 Å². The summed E-state index contributed by atoms with van der Waals surface area (Å²) in [6.45, 7) is 6.37. The van der Waals surface area contributed by atoms with Crippen molar-refractivity contribution in [2.24, 2.45) is 17.2 Å². The number of aliphatic hydroxyl groups is 1. The van der Waals surface area contributed by atoms with Gasteiger partial charge in [0, 0.05) is 96.2 Å². The summed E-state index contributed by atoms with van der Waals surface area (Å²) in [5, 5.41) is 35.2. The molecule has 0 spiro atoms. The predicted molar refractivity (Wildman–Crippen MR) is 371 cm³/mol. The van der Waals surface area contributed by atoms with E-state index in [1.165, 1.54) is 25.3 Å². The van der Waals surface area contributed by atoms with Gasteiger partial charge in [0.25, 0.3) is 11.8 Å². The van der Waals surface area contributed by atoms with E-state index in [1.54, 1.807) is 20.8 Å². The fourth-order valence-electron chi connectivity index (χ4n) is 10.1. The molecule has 15 amide bonds. The number of unbranched alkanes of at least 4 members (excludes halogenated alkanes) is 3. The van der Waals surface area contributed by atoms with Crippen molar-refractivity contribution in [1.82, 2.24) is 63.0 Å². The molecule has 103 heavy (non-hydrogen) atoms. The first kappa shape index (κ1) is 88.0. The number of methoxy groups -OCH3 is 1. The molecule has 36 nitrogen and oxygen atoms in total. The Bertz CT molecular complexity index is 3090. The molecular weight excluding hydrogens is 1370 g/mol. The SMILES string of the molecule is CCC(=O)NCCCCC(NC(=O)CCOCCOCCNC(=O)C(CCCCN)NC(=O)CC)C(=O)NC(CSC1CC(=O)N(CCC(=O)NCC(NC(C)=O)C(=O)NC(CCCCNC(=O)Cc2ccc(OC(=O)CCN3C(=O)C=CC3=O)c(OC)c2)C(=O)NC(CC)C(N)O)C1=O)C(N)=O. The molecule has 2 aliphatic heterocycles. The molecule has 8 atom stereocenters. The minimum Gasteiger partial charge on any atom is -0.493 e. The minimum absolute atomic E-state index is 0.0197. The fourth-order valence-corrected chi connectivity index (χ4v) is 11.3. The number of ether oxygens (including phenoxy) is 4. The van der Waals surface area contributed by atoms with Gasteiger partial charge in [-0.15, -0.1) is 11.8 Å². The summed E-state index contributed by atoms with van der Waals surface area (Å²) < 4.78 is 21.8. The first-order valence-electron chi connectivity index (χ1n) is 34.4. The topological polar surface area (TPSA) is 535 Å². The highest BCUT2D eigenvalue weighted by Crippen LogP contribution is 2.29.